The number of ether oxygens (including phenoxy) is 3. The molecule has 0 bridgehead atoms. The molecule has 0 aliphatic carbocycles. The molecule has 0 saturated carbocycles. The number of carbonyl (C=O) groups is 3. The minimum atomic E-state index is -1.14. The molecule has 0 aromatic heterocycles. The number of rotatable bonds is 37. The second-order valence-electron chi connectivity index (χ2n) is 15.3. The molecule has 0 N–H and O–H groups in total. The molecule has 2 atom stereocenters. The summed E-state index contributed by atoms with van der Waals surface area (Å²) in [6, 6.07) is -0.748. The molecule has 0 rings (SSSR count). The van der Waals surface area contributed by atoms with E-state index in [4.69, 9.17) is 14.2 Å². The lowest BCUT2D eigenvalue weighted by atomic mass is 10.1. The third-order valence-corrected chi connectivity index (χ3v) is 8.94. The monoisotopic (exact) mass is 818 g/mol. The lowest BCUT2D eigenvalue weighted by Gasteiger charge is -2.34. The highest BCUT2D eigenvalue weighted by atomic mass is 16.6. The molecular formula is C51H79NO7. The average Bonchev–Trinajstić information content (AvgIpc) is 3.19. The van der Waals surface area contributed by atoms with Crippen LogP contribution in [0, 0.1) is 0 Å². The first-order valence-corrected chi connectivity index (χ1v) is 22.1. The Balaban J connectivity index is 4.53. The van der Waals surface area contributed by atoms with Crippen molar-refractivity contribution in [2.24, 2.45) is 0 Å². The summed E-state index contributed by atoms with van der Waals surface area (Å²) in [6.45, 7) is 4.34. The van der Waals surface area contributed by atoms with Gasteiger partial charge in [0, 0.05) is 19.3 Å². The number of hydrogen-bond acceptors (Lipinski definition) is 7. The van der Waals surface area contributed by atoms with Gasteiger partial charge in [-0.1, -0.05) is 161 Å². The number of allylic oxidation sites excluding steroid dienone is 20. The van der Waals surface area contributed by atoms with Crippen molar-refractivity contribution in [3.63, 3.8) is 0 Å². The van der Waals surface area contributed by atoms with Crippen LogP contribution in [0.4, 0.5) is 0 Å². The van der Waals surface area contributed by atoms with E-state index in [9.17, 15) is 19.5 Å². The maximum atomic E-state index is 12.7. The van der Waals surface area contributed by atoms with Crippen LogP contribution >= 0.6 is 0 Å². The predicted octanol–water partition coefficient (Wildman–Crippen LogP) is 10.9. The zero-order chi connectivity index (χ0) is 43.5. The van der Waals surface area contributed by atoms with E-state index in [1.165, 1.54) is 6.42 Å². The molecule has 8 heteroatoms. The van der Waals surface area contributed by atoms with E-state index in [1.54, 1.807) is 21.1 Å². The van der Waals surface area contributed by atoms with Gasteiger partial charge in [0.25, 0.3) is 0 Å². The van der Waals surface area contributed by atoms with Gasteiger partial charge in [-0.2, -0.15) is 0 Å². The zero-order valence-electron chi connectivity index (χ0n) is 37.4. The zero-order valence-corrected chi connectivity index (χ0v) is 37.4. The molecule has 0 radical (unpaired) electrons. The van der Waals surface area contributed by atoms with E-state index in [2.05, 4.69) is 98.9 Å². The highest BCUT2D eigenvalue weighted by molar-refractivity contribution is 5.70. The Hall–Kier alpha value is -4.27. The number of carbonyl (C=O) groups excluding carboxylic acids is 3. The normalized spacial score (nSPS) is 14.1. The Kier molecular flexibility index (Phi) is 37.6. The molecule has 59 heavy (non-hydrogen) atoms. The number of esters is 2. The Bertz CT molecular complexity index is 1370. The molecule has 0 saturated heterocycles. The number of hydrogen-bond donors (Lipinski definition) is 0. The summed E-state index contributed by atoms with van der Waals surface area (Å²) in [5.41, 5.74) is 0. The van der Waals surface area contributed by atoms with Crippen molar-refractivity contribution in [2.45, 2.75) is 142 Å². The van der Waals surface area contributed by atoms with Gasteiger partial charge in [-0.3, -0.25) is 9.59 Å². The average molecular weight is 818 g/mol. The van der Waals surface area contributed by atoms with Gasteiger partial charge in [0.1, 0.15) is 12.6 Å². The SMILES string of the molecule is CC/C=C/C/C=C/C/C=C/C/C=C/C/C=C/CCCC(=O)OCC(COCCC(C(=O)[O-])[N+](C)(C)C)OC(=O)CCCCCCC/C=C/C=C/C=C/C=C/C=C/CCC. The van der Waals surface area contributed by atoms with Gasteiger partial charge in [0.15, 0.2) is 6.10 Å². The van der Waals surface area contributed by atoms with E-state index in [0.29, 0.717) is 12.8 Å². The van der Waals surface area contributed by atoms with Crippen LogP contribution in [0.2, 0.25) is 0 Å². The van der Waals surface area contributed by atoms with E-state index in [1.807, 2.05) is 36.5 Å². The van der Waals surface area contributed by atoms with Gasteiger partial charge in [0.05, 0.1) is 40.3 Å². The van der Waals surface area contributed by atoms with Gasteiger partial charge >= 0.3 is 11.9 Å². The molecule has 0 heterocycles. The van der Waals surface area contributed by atoms with Crippen LogP contribution in [0.5, 0.6) is 0 Å². The largest absolute Gasteiger partial charge is 0.544 e. The maximum Gasteiger partial charge on any atom is 0.306 e. The predicted molar refractivity (Wildman–Crippen MR) is 244 cm³/mol. The maximum absolute atomic E-state index is 12.7. The standard InChI is InChI=1S/C51H79NO7/c1-6-8-10-12-14-16-18-20-22-24-26-28-30-32-34-36-38-40-42-50(54)59-47(45-57-44-43-48(51(55)56)52(3,4)5)46-58-49(53)41-39-37-35-33-31-29-27-25-23-21-19-17-15-13-11-9-7-2/h9-12,14-18,20-24,26-29,33,35,47-48H,6-8,13,19,25,30-32,34,36-46H2,1-5H3/b11-9+,12-10+,16-14+,17-15+,20-18+,23-21+,24-22+,28-26+,29-27+,35-33+. The summed E-state index contributed by atoms with van der Waals surface area (Å²) in [7, 11) is 5.36. The third kappa shape index (κ3) is 39.0. The number of likely N-dealkylation sites (N-methyl/N-ethyl adjacent to an activating group) is 1. The summed E-state index contributed by atoms with van der Waals surface area (Å²) in [5.74, 6) is -1.87. The van der Waals surface area contributed by atoms with Crippen LogP contribution in [-0.4, -0.2) is 75.5 Å². The Morgan fingerprint density at radius 1 is 0.542 bits per heavy atom. The first-order valence-electron chi connectivity index (χ1n) is 22.1. The van der Waals surface area contributed by atoms with E-state index in [0.717, 1.165) is 77.0 Å². The van der Waals surface area contributed by atoms with Crippen LogP contribution in [0.25, 0.3) is 0 Å². The molecule has 2 unspecified atom stereocenters. The summed E-state index contributed by atoms with van der Waals surface area (Å²) >= 11 is 0. The van der Waals surface area contributed by atoms with Crippen molar-refractivity contribution in [3.8, 4) is 0 Å². The van der Waals surface area contributed by atoms with E-state index in [-0.39, 0.29) is 55.5 Å². The highest BCUT2D eigenvalue weighted by Crippen LogP contribution is 2.11. The molecule has 0 aromatic carbocycles. The molecule has 0 fully saturated rings. The van der Waals surface area contributed by atoms with Gasteiger partial charge in [-0.15, -0.1) is 0 Å². The number of nitrogens with zero attached hydrogens (tertiary/aromatic N) is 1. The lowest BCUT2D eigenvalue weighted by Crippen LogP contribution is -2.55. The van der Waals surface area contributed by atoms with Gasteiger partial charge in [-0.05, 0) is 70.6 Å². The number of quaternary nitrogens is 1. The Morgan fingerprint density at radius 3 is 1.59 bits per heavy atom. The van der Waals surface area contributed by atoms with Crippen LogP contribution in [0.3, 0.4) is 0 Å². The fourth-order valence-electron chi connectivity index (χ4n) is 5.55. The quantitative estimate of drug-likeness (QED) is 0.0202. The minimum absolute atomic E-state index is 0.00271. The molecule has 8 nitrogen and oxygen atoms in total. The van der Waals surface area contributed by atoms with Crippen molar-refractivity contribution in [3.05, 3.63) is 122 Å². The van der Waals surface area contributed by atoms with Crippen LogP contribution < -0.4 is 5.11 Å². The molecule has 0 aliphatic heterocycles. The van der Waals surface area contributed by atoms with E-state index >= 15 is 0 Å². The fourth-order valence-corrected chi connectivity index (χ4v) is 5.55. The van der Waals surface area contributed by atoms with Crippen molar-refractivity contribution >= 4 is 17.9 Å². The topological polar surface area (TPSA) is 102 Å². The van der Waals surface area contributed by atoms with Crippen LogP contribution in [-0.2, 0) is 28.6 Å². The minimum Gasteiger partial charge on any atom is -0.544 e. The van der Waals surface area contributed by atoms with Crippen molar-refractivity contribution in [2.75, 3.05) is 41.0 Å². The Labute approximate surface area is 359 Å². The van der Waals surface area contributed by atoms with E-state index < -0.39 is 18.1 Å². The van der Waals surface area contributed by atoms with Crippen molar-refractivity contribution in [1.82, 2.24) is 0 Å². The Morgan fingerprint density at radius 2 is 1.03 bits per heavy atom. The molecule has 0 aromatic rings. The fraction of sp³-hybridized carbons (Fsp3) is 0.549. The number of aliphatic carboxylic acids is 1. The number of unbranched alkanes of at least 4 members (excludes halogenated alkanes) is 7. The molecule has 0 aliphatic rings. The van der Waals surface area contributed by atoms with Gasteiger partial charge < -0.3 is 28.6 Å². The number of carboxylic acid groups (broad SMARTS) is 1. The molecular weight excluding hydrogens is 739 g/mol. The van der Waals surface area contributed by atoms with Gasteiger partial charge in [-0.25, -0.2) is 0 Å². The summed E-state index contributed by atoms with van der Waals surface area (Å²) < 4.78 is 17.1. The highest BCUT2D eigenvalue weighted by Gasteiger charge is 2.25. The summed E-state index contributed by atoms with van der Waals surface area (Å²) in [4.78, 5) is 36.9. The molecule has 0 spiro atoms. The number of carboxylic acids is 1. The first kappa shape index (κ1) is 54.7. The second-order valence-corrected chi connectivity index (χ2v) is 15.3. The second kappa shape index (κ2) is 40.5. The van der Waals surface area contributed by atoms with Crippen molar-refractivity contribution in [1.29, 1.82) is 0 Å². The summed E-state index contributed by atoms with van der Waals surface area (Å²) in [5, 5.41) is 11.6. The lowest BCUT2D eigenvalue weighted by molar-refractivity contribution is -0.889. The smallest absolute Gasteiger partial charge is 0.306 e. The third-order valence-electron chi connectivity index (χ3n) is 8.94. The first-order chi connectivity index (χ1) is 28.6. The molecule has 330 valence electrons. The van der Waals surface area contributed by atoms with Crippen molar-refractivity contribution < 1.29 is 38.2 Å². The van der Waals surface area contributed by atoms with Crippen LogP contribution in [0.15, 0.2) is 122 Å². The molecule has 0 amide bonds. The summed E-state index contributed by atoms with van der Waals surface area (Å²) in [6.07, 6.45) is 56.5. The van der Waals surface area contributed by atoms with Crippen LogP contribution in [0.1, 0.15) is 129 Å². The van der Waals surface area contributed by atoms with Gasteiger partial charge in [0.2, 0.25) is 0 Å².